The molecule has 0 atom stereocenters. The fourth-order valence-electron chi connectivity index (χ4n) is 3.94. The van der Waals surface area contributed by atoms with Gasteiger partial charge in [-0.25, -0.2) is 15.0 Å². The number of carbonyl (C=O) groups excluding carboxylic acids is 2. The number of fused-ring (bicyclic) bond motifs is 2. The zero-order chi connectivity index (χ0) is 22.6. The third kappa shape index (κ3) is 2.86. The van der Waals surface area contributed by atoms with Crippen molar-refractivity contribution in [2.24, 2.45) is 5.73 Å². The van der Waals surface area contributed by atoms with Crippen LogP contribution in [-0.2, 0) is 4.79 Å². The molecule has 160 valence electrons. The van der Waals surface area contributed by atoms with Crippen molar-refractivity contribution in [1.82, 2.24) is 34.6 Å². The van der Waals surface area contributed by atoms with E-state index < -0.39 is 11.5 Å². The van der Waals surface area contributed by atoms with E-state index in [0.29, 0.717) is 24.6 Å². The lowest BCUT2D eigenvalue weighted by molar-refractivity contribution is -0.130. The van der Waals surface area contributed by atoms with Crippen LogP contribution in [0.1, 0.15) is 27.8 Å². The maximum absolute atomic E-state index is 13.5. The van der Waals surface area contributed by atoms with Crippen LogP contribution < -0.4 is 11.3 Å². The summed E-state index contributed by atoms with van der Waals surface area (Å²) in [6.07, 6.45) is 4.23. The largest absolute Gasteiger partial charge is 0.364 e. The lowest BCUT2D eigenvalue weighted by Crippen LogP contribution is -2.48. The molecule has 0 aliphatic carbocycles. The summed E-state index contributed by atoms with van der Waals surface area (Å²) >= 11 is 0. The van der Waals surface area contributed by atoms with Crippen molar-refractivity contribution >= 4 is 33.8 Å². The van der Waals surface area contributed by atoms with E-state index in [1.807, 2.05) is 19.1 Å². The number of hydrogen-bond acceptors (Lipinski definition) is 7. The van der Waals surface area contributed by atoms with Gasteiger partial charge in [0.25, 0.3) is 11.5 Å². The van der Waals surface area contributed by atoms with E-state index in [0.717, 1.165) is 16.5 Å². The summed E-state index contributed by atoms with van der Waals surface area (Å²) in [4.78, 5) is 52.0. The molecule has 32 heavy (non-hydrogen) atoms. The number of nitrogens with two attached hydrogens (primary N) is 1. The van der Waals surface area contributed by atoms with Gasteiger partial charge in [0, 0.05) is 18.5 Å². The summed E-state index contributed by atoms with van der Waals surface area (Å²) < 4.78 is 1.35. The molecule has 0 spiro atoms. The third-order valence-electron chi connectivity index (χ3n) is 5.64. The van der Waals surface area contributed by atoms with Crippen LogP contribution in [0.15, 0.2) is 42.1 Å². The second-order valence-electron chi connectivity index (χ2n) is 7.62. The van der Waals surface area contributed by atoms with Gasteiger partial charge in [0.15, 0.2) is 5.65 Å². The molecule has 1 aliphatic rings. The summed E-state index contributed by atoms with van der Waals surface area (Å²) in [5.74, 6) is -0.918. The van der Waals surface area contributed by atoms with Crippen molar-refractivity contribution in [2.45, 2.75) is 12.8 Å². The van der Waals surface area contributed by atoms with Crippen molar-refractivity contribution in [2.75, 3.05) is 13.1 Å². The predicted molar refractivity (Wildman–Crippen MR) is 115 cm³/mol. The minimum absolute atomic E-state index is 0.0537. The Morgan fingerprint density at radius 3 is 2.78 bits per heavy atom. The van der Waals surface area contributed by atoms with E-state index in [1.54, 1.807) is 11.1 Å². The molecule has 1 fully saturated rings. The van der Waals surface area contributed by atoms with Crippen molar-refractivity contribution in [3.8, 4) is 5.69 Å². The number of primary amides is 1. The zero-order valence-electron chi connectivity index (χ0n) is 17.1. The monoisotopic (exact) mass is 430 g/mol. The number of likely N-dealkylation sites (tertiary alicyclic amines) is 1. The molecule has 4 heterocycles. The minimum atomic E-state index is -0.855. The Kier molecular flexibility index (Phi) is 4.33. The Bertz CT molecular complexity index is 1500. The number of aryl methyl sites for hydroxylation is 1. The van der Waals surface area contributed by atoms with Gasteiger partial charge in [0.1, 0.15) is 23.2 Å². The number of nitrogens with one attached hydrogen (secondary N) is 1. The predicted octanol–water partition coefficient (Wildman–Crippen LogP) is 0.571. The van der Waals surface area contributed by atoms with Crippen molar-refractivity contribution < 1.29 is 9.59 Å². The molecule has 1 saturated heterocycles. The Morgan fingerprint density at radius 1 is 1.28 bits per heavy atom. The first-order valence-corrected chi connectivity index (χ1v) is 9.82. The number of benzene rings is 1. The van der Waals surface area contributed by atoms with Crippen LogP contribution in [0.2, 0.25) is 0 Å². The highest BCUT2D eigenvalue weighted by atomic mass is 16.2. The molecular weight excluding hydrogens is 412 g/mol. The van der Waals surface area contributed by atoms with Gasteiger partial charge in [-0.15, -0.1) is 0 Å². The molecule has 0 radical (unpaired) electrons. The van der Waals surface area contributed by atoms with E-state index in [9.17, 15) is 14.4 Å². The van der Waals surface area contributed by atoms with E-state index in [2.05, 4.69) is 31.7 Å². The molecule has 0 saturated carbocycles. The summed E-state index contributed by atoms with van der Waals surface area (Å²) in [5, 5.41) is 7.59. The molecule has 4 aromatic rings. The third-order valence-corrected chi connectivity index (χ3v) is 5.64. The Balaban J connectivity index is 1.67. The van der Waals surface area contributed by atoms with Gasteiger partial charge in [-0.05, 0) is 24.6 Å². The second-order valence-corrected chi connectivity index (χ2v) is 7.62. The molecule has 0 bridgehead atoms. The normalized spacial score (nSPS) is 14.0. The SMILES string of the molecule is C=CC(=O)N1CC(c2nc(C(N)=O)c3c(=O)n(-c4c(C)ccc5[nH]ncc45)cnc3n2)C1. The van der Waals surface area contributed by atoms with Gasteiger partial charge < -0.3 is 10.6 Å². The summed E-state index contributed by atoms with van der Waals surface area (Å²) in [6, 6.07) is 3.72. The minimum Gasteiger partial charge on any atom is -0.364 e. The lowest BCUT2D eigenvalue weighted by Gasteiger charge is -2.37. The smallest absolute Gasteiger partial charge is 0.269 e. The van der Waals surface area contributed by atoms with E-state index in [-0.39, 0.29) is 28.6 Å². The van der Waals surface area contributed by atoms with E-state index >= 15 is 0 Å². The van der Waals surface area contributed by atoms with Crippen LogP contribution in [0.5, 0.6) is 0 Å². The standard InChI is InChI=1S/C21H18N8O3/c1-3-14(30)28-7-11(8-28)19-25-16(18(22)31)15-20(26-19)23-9-29(21(15)32)17-10(2)4-5-13-12(17)6-24-27-13/h3-6,9,11H,1,7-8H2,2H3,(H2,22,31)(H,24,27). The number of nitrogens with zero attached hydrogens (tertiary/aromatic N) is 6. The number of aromatic nitrogens is 6. The molecular formula is C21H18N8O3. The van der Waals surface area contributed by atoms with Crippen molar-refractivity contribution in [3.63, 3.8) is 0 Å². The summed E-state index contributed by atoms with van der Waals surface area (Å²) in [7, 11) is 0. The van der Waals surface area contributed by atoms with Crippen LogP contribution in [0.4, 0.5) is 0 Å². The number of rotatable bonds is 4. The highest BCUT2D eigenvalue weighted by Gasteiger charge is 2.34. The number of hydrogen-bond donors (Lipinski definition) is 2. The van der Waals surface area contributed by atoms with Crippen molar-refractivity contribution in [3.05, 3.63) is 64.7 Å². The van der Waals surface area contributed by atoms with Gasteiger partial charge in [-0.2, -0.15) is 5.10 Å². The number of amides is 2. The molecule has 3 N–H and O–H groups in total. The average Bonchev–Trinajstić information content (AvgIpc) is 3.21. The lowest BCUT2D eigenvalue weighted by atomic mass is 9.98. The molecule has 1 aromatic carbocycles. The maximum atomic E-state index is 13.5. The van der Waals surface area contributed by atoms with Gasteiger partial charge >= 0.3 is 0 Å². The van der Waals surface area contributed by atoms with Crippen LogP contribution in [0.3, 0.4) is 0 Å². The molecule has 11 nitrogen and oxygen atoms in total. The molecule has 0 unspecified atom stereocenters. The van der Waals surface area contributed by atoms with Crippen LogP contribution in [0, 0.1) is 6.92 Å². The number of carbonyl (C=O) groups is 2. The quantitative estimate of drug-likeness (QED) is 0.449. The van der Waals surface area contributed by atoms with Crippen LogP contribution in [0.25, 0.3) is 27.6 Å². The first-order chi connectivity index (χ1) is 15.4. The van der Waals surface area contributed by atoms with Crippen LogP contribution in [-0.4, -0.2) is 59.5 Å². The topological polar surface area (TPSA) is 153 Å². The zero-order valence-corrected chi connectivity index (χ0v) is 17.1. The second kappa shape index (κ2) is 7.08. The number of H-pyrrole nitrogens is 1. The fourth-order valence-corrected chi connectivity index (χ4v) is 3.94. The van der Waals surface area contributed by atoms with Gasteiger partial charge in [0.05, 0.1) is 23.3 Å². The first-order valence-electron chi connectivity index (χ1n) is 9.82. The first kappa shape index (κ1) is 19.5. The van der Waals surface area contributed by atoms with Crippen LogP contribution >= 0.6 is 0 Å². The Hall–Kier alpha value is -4.41. The molecule has 3 aromatic heterocycles. The van der Waals surface area contributed by atoms with E-state index in [1.165, 1.54) is 17.0 Å². The summed E-state index contributed by atoms with van der Waals surface area (Å²) in [6.45, 7) is 6.09. The number of aromatic amines is 1. The van der Waals surface area contributed by atoms with E-state index in [4.69, 9.17) is 5.73 Å². The average molecular weight is 430 g/mol. The summed E-state index contributed by atoms with van der Waals surface area (Å²) in [5.41, 5.74) is 7.11. The maximum Gasteiger partial charge on any atom is 0.269 e. The fraction of sp³-hybridized carbons (Fsp3) is 0.190. The highest BCUT2D eigenvalue weighted by molar-refractivity contribution is 6.02. The molecule has 11 heteroatoms. The van der Waals surface area contributed by atoms with Gasteiger partial charge in [0.2, 0.25) is 5.91 Å². The van der Waals surface area contributed by atoms with Crippen molar-refractivity contribution in [1.29, 1.82) is 0 Å². The Morgan fingerprint density at radius 2 is 2.06 bits per heavy atom. The van der Waals surface area contributed by atoms with Gasteiger partial charge in [-0.3, -0.25) is 24.0 Å². The molecule has 1 aliphatic heterocycles. The highest BCUT2D eigenvalue weighted by Crippen LogP contribution is 2.27. The molecule has 2 amide bonds. The Labute approximate surface area is 180 Å². The van der Waals surface area contributed by atoms with Gasteiger partial charge in [-0.1, -0.05) is 12.6 Å². The molecule has 5 rings (SSSR count).